The summed E-state index contributed by atoms with van der Waals surface area (Å²) in [5, 5.41) is 8.64. The minimum Gasteiger partial charge on any atom is -0.466 e. The molecule has 0 amide bonds. The molecule has 1 heterocycles. The summed E-state index contributed by atoms with van der Waals surface area (Å²) >= 11 is 0. The van der Waals surface area contributed by atoms with E-state index in [0.717, 1.165) is 0 Å². The van der Waals surface area contributed by atoms with Crippen molar-refractivity contribution in [3.8, 4) is 6.07 Å². The maximum atomic E-state index is 13.7. The van der Waals surface area contributed by atoms with Crippen molar-refractivity contribution < 1.29 is 22.7 Å². The summed E-state index contributed by atoms with van der Waals surface area (Å²) in [6.45, 7) is 1.68. The number of rotatable bonds is 4. The van der Waals surface area contributed by atoms with Gasteiger partial charge in [-0.05, 0) is 6.92 Å². The van der Waals surface area contributed by atoms with Crippen LogP contribution in [-0.4, -0.2) is 17.6 Å². The third-order valence-electron chi connectivity index (χ3n) is 2.09. The lowest BCUT2D eigenvalue weighted by atomic mass is 10.1. The molecule has 1 aromatic rings. The molecule has 0 spiro atoms. The molecule has 0 aromatic carbocycles. The van der Waals surface area contributed by atoms with Crippen LogP contribution in [0.4, 0.5) is 13.2 Å². The van der Waals surface area contributed by atoms with Gasteiger partial charge in [0.05, 0.1) is 24.3 Å². The number of carbonyl (C=O) groups is 1. The third-order valence-corrected chi connectivity index (χ3v) is 2.09. The van der Waals surface area contributed by atoms with Crippen LogP contribution in [-0.2, 0) is 16.0 Å². The minimum atomic E-state index is -3.00. The Kier molecular flexibility index (Phi) is 4.66. The topological polar surface area (TPSA) is 63.0 Å². The van der Waals surface area contributed by atoms with Crippen LogP contribution in [0.15, 0.2) is 6.20 Å². The van der Waals surface area contributed by atoms with Crippen LogP contribution in [0.1, 0.15) is 30.2 Å². The van der Waals surface area contributed by atoms with Crippen molar-refractivity contribution in [3.05, 3.63) is 28.8 Å². The van der Waals surface area contributed by atoms with Gasteiger partial charge in [-0.2, -0.15) is 5.26 Å². The Labute approximate surface area is 101 Å². The van der Waals surface area contributed by atoms with Crippen molar-refractivity contribution in [3.63, 3.8) is 0 Å². The van der Waals surface area contributed by atoms with E-state index in [1.54, 1.807) is 6.92 Å². The molecular formula is C11H9F3N2O2. The Morgan fingerprint density at radius 3 is 2.78 bits per heavy atom. The van der Waals surface area contributed by atoms with Gasteiger partial charge >= 0.3 is 5.97 Å². The number of ether oxygens (including phenoxy) is 1. The van der Waals surface area contributed by atoms with Crippen LogP contribution < -0.4 is 0 Å². The van der Waals surface area contributed by atoms with Crippen LogP contribution in [0.2, 0.25) is 0 Å². The number of aromatic nitrogens is 1. The first-order valence-electron chi connectivity index (χ1n) is 5.02. The number of hydrogen-bond donors (Lipinski definition) is 0. The van der Waals surface area contributed by atoms with Crippen molar-refractivity contribution in [1.82, 2.24) is 4.98 Å². The normalized spacial score (nSPS) is 10.2. The van der Waals surface area contributed by atoms with E-state index < -0.39 is 35.8 Å². The number of hydrogen-bond acceptors (Lipinski definition) is 4. The fourth-order valence-electron chi connectivity index (χ4n) is 1.29. The highest BCUT2D eigenvalue weighted by atomic mass is 19.3. The summed E-state index contributed by atoms with van der Waals surface area (Å²) in [4.78, 5) is 14.5. The zero-order valence-corrected chi connectivity index (χ0v) is 9.41. The molecule has 0 bridgehead atoms. The highest BCUT2D eigenvalue weighted by molar-refractivity contribution is 5.72. The molecule has 0 saturated heterocycles. The standard InChI is InChI=1S/C11H9F3N2O2/c1-2-18-9(17)3-8-10(12)6(4-15)7(5-16-8)11(13)14/h5,11H,2-3H2,1H3. The van der Waals surface area contributed by atoms with Crippen molar-refractivity contribution in [2.75, 3.05) is 6.61 Å². The van der Waals surface area contributed by atoms with E-state index in [1.807, 2.05) is 0 Å². The largest absolute Gasteiger partial charge is 0.466 e. The van der Waals surface area contributed by atoms with Crippen molar-refractivity contribution in [2.24, 2.45) is 0 Å². The Morgan fingerprint density at radius 1 is 1.61 bits per heavy atom. The second kappa shape index (κ2) is 6.00. The van der Waals surface area contributed by atoms with Crippen LogP contribution in [0, 0.1) is 17.1 Å². The lowest BCUT2D eigenvalue weighted by Crippen LogP contribution is -2.12. The number of nitriles is 1. The summed E-state index contributed by atoms with van der Waals surface area (Å²) in [5.74, 6) is -1.94. The highest BCUT2D eigenvalue weighted by Gasteiger charge is 2.22. The molecular weight excluding hydrogens is 249 g/mol. The summed E-state index contributed by atoms with van der Waals surface area (Å²) < 4.78 is 43.2. The highest BCUT2D eigenvalue weighted by Crippen LogP contribution is 2.25. The second-order valence-corrected chi connectivity index (χ2v) is 3.24. The molecule has 0 radical (unpaired) electrons. The number of halogens is 3. The summed E-state index contributed by atoms with van der Waals surface area (Å²) in [6, 6.07) is 1.34. The number of nitrogens with zero attached hydrogens (tertiary/aromatic N) is 2. The van der Waals surface area contributed by atoms with Gasteiger partial charge in [-0.1, -0.05) is 0 Å². The second-order valence-electron chi connectivity index (χ2n) is 3.24. The SMILES string of the molecule is CCOC(=O)Cc1ncc(C(F)F)c(C#N)c1F. The summed E-state index contributed by atoms with van der Waals surface area (Å²) in [7, 11) is 0. The molecule has 7 heteroatoms. The van der Waals surface area contributed by atoms with Crippen LogP contribution in [0.5, 0.6) is 0 Å². The van der Waals surface area contributed by atoms with Gasteiger partial charge in [0.25, 0.3) is 6.43 Å². The van der Waals surface area contributed by atoms with Gasteiger partial charge in [0.2, 0.25) is 0 Å². The van der Waals surface area contributed by atoms with E-state index in [2.05, 4.69) is 9.72 Å². The Bertz CT molecular complexity index is 498. The molecule has 0 unspecified atom stereocenters. The Morgan fingerprint density at radius 2 is 2.28 bits per heavy atom. The number of pyridine rings is 1. The average molecular weight is 258 g/mol. The van der Waals surface area contributed by atoms with Crippen molar-refractivity contribution >= 4 is 5.97 Å². The Hall–Kier alpha value is -2.10. The van der Waals surface area contributed by atoms with E-state index in [0.29, 0.717) is 6.20 Å². The molecule has 4 nitrogen and oxygen atoms in total. The van der Waals surface area contributed by atoms with Crippen LogP contribution >= 0.6 is 0 Å². The lowest BCUT2D eigenvalue weighted by Gasteiger charge is -2.07. The van der Waals surface area contributed by atoms with Gasteiger partial charge in [-0.25, -0.2) is 13.2 Å². The van der Waals surface area contributed by atoms with E-state index >= 15 is 0 Å². The zero-order valence-electron chi connectivity index (χ0n) is 9.41. The Balaban J connectivity index is 3.11. The molecule has 0 saturated carbocycles. The van der Waals surface area contributed by atoms with Gasteiger partial charge in [0, 0.05) is 6.20 Å². The van der Waals surface area contributed by atoms with Gasteiger partial charge in [-0.3, -0.25) is 9.78 Å². The first kappa shape index (κ1) is 14.0. The number of esters is 1. The minimum absolute atomic E-state index is 0.112. The van der Waals surface area contributed by atoms with Crippen LogP contribution in [0.25, 0.3) is 0 Å². The number of carbonyl (C=O) groups excluding carboxylic acids is 1. The first-order valence-corrected chi connectivity index (χ1v) is 5.02. The molecule has 18 heavy (non-hydrogen) atoms. The smallest absolute Gasteiger partial charge is 0.311 e. The van der Waals surface area contributed by atoms with Gasteiger partial charge < -0.3 is 4.74 Å². The summed E-state index contributed by atoms with van der Waals surface area (Å²) in [5.41, 5.74) is -1.96. The van der Waals surface area contributed by atoms with Crippen molar-refractivity contribution in [1.29, 1.82) is 5.26 Å². The maximum absolute atomic E-state index is 13.7. The first-order chi connectivity index (χ1) is 8.51. The van der Waals surface area contributed by atoms with E-state index in [9.17, 15) is 18.0 Å². The average Bonchev–Trinajstić information content (AvgIpc) is 2.31. The molecule has 0 atom stereocenters. The maximum Gasteiger partial charge on any atom is 0.311 e. The molecule has 1 aromatic heterocycles. The predicted octanol–water partition coefficient (Wildman–Crippen LogP) is 2.14. The van der Waals surface area contributed by atoms with Gasteiger partial charge in [0.15, 0.2) is 5.82 Å². The number of alkyl halides is 2. The zero-order chi connectivity index (χ0) is 13.7. The monoisotopic (exact) mass is 258 g/mol. The van der Waals surface area contributed by atoms with E-state index in [1.165, 1.54) is 6.07 Å². The molecule has 96 valence electrons. The quantitative estimate of drug-likeness (QED) is 0.776. The predicted molar refractivity (Wildman–Crippen MR) is 54.2 cm³/mol. The molecule has 0 aliphatic carbocycles. The fourth-order valence-corrected chi connectivity index (χ4v) is 1.29. The van der Waals surface area contributed by atoms with Gasteiger partial charge in [0.1, 0.15) is 11.6 Å². The van der Waals surface area contributed by atoms with E-state index in [4.69, 9.17) is 5.26 Å². The molecule has 0 aliphatic heterocycles. The van der Waals surface area contributed by atoms with Crippen LogP contribution in [0.3, 0.4) is 0 Å². The van der Waals surface area contributed by atoms with Gasteiger partial charge in [-0.15, -0.1) is 0 Å². The fraction of sp³-hybridized carbons (Fsp3) is 0.364. The van der Waals surface area contributed by atoms with Crippen molar-refractivity contribution in [2.45, 2.75) is 19.8 Å². The molecule has 0 aliphatic rings. The lowest BCUT2D eigenvalue weighted by molar-refractivity contribution is -0.142. The molecule has 0 N–H and O–H groups in total. The molecule has 0 fully saturated rings. The molecule has 1 rings (SSSR count). The van der Waals surface area contributed by atoms with E-state index in [-0.39, 0.29) is 12.3 Å². The summed E-state index contributed by atoms with van der Waals surface area (Å²) in [6.07, 6.45) is -2.81. The third kappa shape index (κ3) is 2.97.